The van der Waals surface area contributed by atoms with E-state index in [1.807, 2.05) is 7.05 Å². The molecule has 0 bridgehead atoms. The van der Waals surface area contributed by atoms with Crippen molar-refractivity contribution in [2.24, 2.45) is 11.8 Å². The molecule has 6 nitrogen and oxygen atoms in total. The lowest BCUT2D eigenvalue weighted by Gasteiger charge is -2.43. The van der Waals surface area contributed by atoms with E-state index >= 15 is 0 Å². The van der Waals surface area contributed by atoms with E-state index in [9.17, 15) is 23.1 Å². The highest BCUT2D eigenvalue weighted by molar-refractivity contribution is 5.74. The Hall–Kier alpha value is -1.84. The Morgan fingerprint density at radius 3 is 2.68 bits per heavy atom. The van der Waals surface area contributed by atoms with Crippen LogP contribution < -0.4 is 10.6 Å². The first-order valence-corrected chi connectivity index (χ1v) is 13.8. The van der Waals surface area contributed by atoms with Crippen LogP contribution in [0.3, 0.4) is 0 Å². The zero-order chi connectivity index (χ0) is 26.8. The molecule has 1 aromatic carbocycles. The van der Waals surface area contributed by atoms with Crippen LogP contribution in [0.4, 0.5) is 18.0 Å². The van der Waals surface area contributed by atoms with Crippen LogP contribution in [0.1, 0.15) is 69.8 Å². The molecule has 1 heterocycles. The Balaban J connectivity index is 1.70. The zero-order valence-electron chi connectivity index (χ0n) is 22.3. The van der Waals surface area contributed by atoms with Gasteiger partial charge in [-0.2, -0.15) is 0 Å². The number of amides is 2. The minimum absolute atomic E-state index is 0.0475. The zero-order valence-corrected chi connectivity index (χ0v) is 22.3. The highest BCUT2D eigenvalue weighted by Crippen LogP contribution is 2.41. The second-order valence-electron chi connectivity index (χ2n) is 10.8. The third-order valence-corrected chi connectivity index (χ3v) is 8.11. The summed E-state index contributed by atoms with van der Waals surface area (Å²) in [6.45, 7) is 1.91. The smallest absolute Gasteiger partial charge is 0.317 e. The van der Waals surface area contributed by atoms with Gasteiger partial charge >= 0.3 is 6.03 Å². The molecule has 0 unspecified atom stereocenters. The molecule has 0 spiro atoms. The molecule has 1 saturated carbocycles. The Labute approximate surface area is 219 Å². The van der Waals surface area contributed by atoms with E-state index in [0.717, 1.165) is 37.5 Å². The standard InChI is InChI=1S/C28H44F3N3O3/c1-32-18-24(16-20-7-9-22(29)10-8-20)33-27(35)34-14-5-6-21(19-34)28(36,13-3-4-15-37-2)25-17-23(30)11-12-26(25)31/h11-12,17,20-22,24,32,36H,3-10,13-16,18-19H2,1-2H3,(H,33,35)/t20-,21-,22+,24+,28+/m1/s1. The molecule has 1 saturated heterocycles. The number of likely N-dealkylation sites (tertiary alicyclic amines) is 1. The number of halogens is 3. The van der Waals surface area contributed by atoms with Crippen LogP contribution in [0, 0.1) is 23.5 Å². The number of carbonyl (C=O) groups excluding carboxylic acids is 1. The lowest BCUT2D eigenvalue weighted by molar-refractivity contribution is -0.0590. The summed E-state index contributed by atoms with van der Waals surface area (Å²) in [5.41, 5.74) is -1.65. The number of carbonyl (C=O) groups is 1. The number of ether oxygens (including phenoxy) is 1. The largest absolute Gasteiger partial charge is 0.385 e. The Bertz CT molecular complexity index is 853. The Morgan fingerprint density at radius 1 is 1.22 bits per heavy atom. The van der Waals surface area contributed by atoms with Gasteiger partial charge in [0.25, 0.3) is 0 Å². The topological polar surface area (TPSA) is 73.8 Å². The molecule has 3 atom stereocenters. The summed E-state index contributed by atoms with van der Waals surface area (Å²) < 4.78 is 47.7. The summed E-state index contributed by atoms with van der Waals surface area (Å²) in [5, 5.41) is 18.1. The first kappa shape index (κ1) is 29.7. The molecular formula is C28H44F3N3O3. The summed E-state index contributed by atoms with van der Waals surface area (Å²) in [6, 6.07) is 2.88. The number of urea groups is 1. The lowest BCUT2D eigenvalue weighted by Crippen LogP contribution is -2.54. The van der Waals surface area contributed by atoms with Gasteiger partial charge in [0.15, 0.2) is 0 Å². The minimum atomic E-state index is -1.60. The molecule has 2 fully saturated rings. The van der Waals surface area contributed by atoms with E-state index in [2.05, 4.69) is 10.6 Å². The van der Waals surface area contributed by atoms with Crippen molar-refractivity contribution in [3.05, 3.63) is 35.4 Å². The SMILES string of the molecule is CNC[C@H](C[C@H]1CC[C@@H](F)CC1)NC(=O)N1CCC[C@@H]([C@@](O)(CCCCOC)c2cc(F)ccc2F)C1. The third kappa shape index (κ3) is 8.32. The summed E-state index contributed by atoms with van der Waals surface area (Å²) in [4.78, 5) is 15.0. The fourth-order valence-corrected chi connectivity index (χ4v) is 6.05. The van der Waals surface area contributed by atoms with Gasteiger partial charge in [-0.1, -0.05) is 0 Å². The molecule has 1 aromatic rings. The molecule has 0 radical (unpaired) electrons. The molecule has 2 aliphatic rings. The third-order valence-electron chi connectivity index (χ3n) is 8.11. The van der Waals surface area contributed by atoms with Crippen LogP contribution in [0.25, 0.3) is 0 Å². The van der Waals surface area contributed by atoms with Gasteiger partial charge in [-0.05, 0) is 95.4 Å². The second kappa shape index (κ2) is 14.4. The summed E-state index contributed by atoms with van der Waals surface area (Å²) in [7, 11) is 3.44. The molecule has 2 amide bonds. The Morgan fingerprint density at radius 2 is 1.97 bits per heavy atom. The average molecular weight is 528 g/mol. The molecule has 9 heteroatoms. The van der Waals surface area contributed by atoms with Crippen LogP contribution in [-0.4, -0.2) is 68.6 Å². The van der Waals surface area contributed by atoms with E-state index in [-0.39, 0.29) is 30.6 Å². The van der Waals surface area contributed by atoms with Crippen molar-refractivity contribution in [3.63, 3.8) is 0 Å². The van der Waals surface area contributed by atoms with Crippen molar-refractivity contribution in [3.8, 4) is 0 Å². The number of unbranched alkanes of at least 4 members (excludes halogenated alkanes) is 1. The maximum absolute atomic E-state index is 14.9. The number of alkyl halides is 1. The molecular weight excluding hydrogens is 483 g/mol. The molecule has 3 N–H and O–H groups in total. The van der Waals surface area contributed by atoms with Crippen molar-refractivity contribution in [2.45, 2.75) is 82.0 Å². The molecule has 1 aliphatic carbocycles. The van der Waals surface area contributed by atoms with Crippen LogP contribution in [0.2, 0.25) is 0 Å². The van der Waals surface area contributed by atoms with Gasteiger partial charge in [0.05, 0.1) is 5.60 Å². The van der Waals surface area contributed by atoms with Crippen LogP contribution in [0.15, 0.2) is 18.2 Å². The van der Waals surface area contributed by atoms with Gasteiger partial charge in [0.1, 0.15) is 17.8 Å². The van der Waals surface area contributed by atoms with Crippen molar-refractivity contribution < 1.29 is 27.8 Å². The van der Waals surface area contributed by atoms with Crippen molar-refractivity contribution in [1.82, 2.24) is 15.5 Å². The number of rotatable bonds is 12. The number of piperidine rings is 1. The maximum atomic E-state index is 14.9. The van der Waals surface area contributed by atoms with E-state index < -0.39 is 29.3 Å². The number of nitrogens with one attached hydrogen (secondary N) is 2. The number of methoxy groups -OCH3 is 1. The predicted molar refractivity (Wildman–Crippen MR) is 138 cm³/mol. The van der Waals surface area contributed by atoms with Gasteiger partial charge in [-0.25, -0.2) is 18.0 Å². The normalized spacial score (nSPS) is 24.9. The summed E-state index contributed by atoms with van der Waals surface area (Å²) >= 11 is 0. The van der Waals surface area contributed by atoms with Gasteiger partial charge in [0.2, 0.25) is 0 Å². The Kier molecular flexibility index (Phi) is 11.5. The number of hydrogen-bond donors (Lipinski definition) is 3. The maximum Gasteiger partial charge on any atom is 0.317 e. The van der Waals surface area contributed by atoms with Gasteiger partial charge in [-0.15, -0.1) is 0 Å². The summed E-state index contributed by atoms with van der Waals surface area (Å²) in [6.07, 6.45) is 5.67. The average Bonchev–Trinajstić information content (AvgIpc) is 2.89. The van der Waals surface area contributed by atoms with Crippen LogP contribution >= 0.6 is 0 Å². The molecule has 3 rings (SSSR count). The van der Waals surface area contributed by atoms with Gasteiger partial charge < -0.3 is 25.4 Å². The fraction of sp³-hybridized carbons (Fsp3) is 0.750. The van der Waals surface area contributed by atoms with E-state index in [1.165, 1.54) is 0 Å². The first-order chi connectivity index (χ1) is 17.8. The number of nitrogens with zero attached hydrogens (tertiary/aromatic N) is 1. The van der Waals surface area contributed by atoms with Crippen molar-refractivity contribution in [2.75, 3.05) is 40.4 Å². The van der Waals surface area contributed by atoms with Crippen molar-refractivity contribution in [1.29, 1.82) is 0 Å². The van der Waals surface area contributed by atoms with E-state index in [1.54, 1.807) is 12.0 Å². The monoisotopic (exact) mass is 527 g/mol. The van der Waals surface area contributed by atoms with Gasteiger partial charge in [0, 0.05) is 50.9 Å². The quantitative estimate of drug-likeness (QED) is 0.338. The van der Waals surface area contributed by atoms with E-state index in [4.69, 9.17) is 4.74 Å². The predicted octanol–water partition coefficient (Wildman–Crippen LogP) is 4.90. The van der Waals surface area contributed by atoms with Crippen molar-refractivity contribution >= 4 is 6.03 Å². The highest BCUT2D eigenvalue weighted by atomic mass is 19.1. The number of benzene rings is 1. The highest BCUT2D eigenvalue weighted by Gasteiger charge is 2.43. The number of aliphatic hydroxyl groups is 1. The van der Waals surface area contributed by atoms with Crippen LogP contribution in [0.5, 0.6) is 0 Å². The molecule has 210 valence electrons. The molecule has 37 heavy (non-hydrogen) atoms. The van der Waals surface area contributed by atoms with Gasteiger partial charge in [-0.3, -0.25) is 0 Å². The lowest BCUT2D eigenvalue weighted by atomic mass is 9.74. The van der Waals surface area contributed by atoms with Crippen LogP contribution in [-0.2, 0) is 10.3 Å². The van der Waals surface area contributed by atoms with E-state index in [0.29, 0.717) is 64.1 Å². The molecule has 0 aromatic heterocycles. The minimum Gasteiger partial charge on any atom is -0.385 e. The number of likely N-dealkylation sites (N-methyl/N-ethyl adjacent to an activating group) is 1. The number of hydrogen-bond acceptors (Lipinski definition) is 4. The second-order valence-corrected chi connectivity index (χ2v) is 10.8. The summed E-state index contributed by atoms with van der Waals surface area (Å²) in [5.74, 6) is -1.30. The fourth-order valence-electron chi connectivity index (χ4n) is 6.05. The first-order valence-electron chi connectivity index (χ1n) is 13.8. The molecule has 1 aliphatic heterocycles.